The number of rotatable bonds is 5. The molecule has 0 amide bonds. The molecule has 1 aromatic carbocycles. The van der Waals surface area contributed by atoms with Crippen molar-refractivity contribution in [3.8, 4) is 11.8 Å². The lowest BCUT2D eigenvalue weighted by Crippen LogP contribution is -2.14. The molecule has 0 aliphatic heterocycles. The second kappa shape index (κ2) is 5.70. The van der Waals surface area contributed by atoms with Crippen molar-refractivity contribution >= 4 is 0 Å². The van der Waals surface area contributed by atoms with Gasteiger partial charge in [0.1, 0.15) is 5.75 Å². The van der Waals surface area contributed by atoms with Gasteiger partial charge in [0.2, 0.25) is 0 Å². The third-order valence-corrected chi connectivity index (χ3v) is 2.70. The zero-order valence-corrected chi connectivity index (χ0v) is 10.7. The smallest absolute Gasteiger partial charge is 0.124 e. The molecule has 92 valence electrons. The second-order valence-corrected chi connectivity index (χ2v) is 4.92. The van der Waals surface area contributed by atoms with Crippen LogP contribution in [-0.2, 0) is 0 Å². The Bertz CT molecular complexity index is 405. The molecule has 0 radical (unpaired) electrons. The lowest BCUT2D eigenvalue weighted by atomic mass is 9.92. The SMILES string of the molecule is CC(N)c1ccccc1OCCC(C)(C)C#N. The number of hydrogen-bond acceptors (Lipinski definition) is 3. The first-order valence-electron chi connectivity index (χ1n) is 5.85. The molecular weight excluding hydrogens is 212 g/mol. The summed E-state index contributed by atoms with van der Waals surface area (Å²) in [4.78, 5) is 0. The van der Waals surface area contributed by atoms with Crippen LogP contribution in [0.4, 0.5) is 0 Å². The van der Waals surface area contributed by atoms with Gasteiger partial charge >= 0.3 is 0 Å². The minimum Gasteiger partial charge on any atom is -0.493 e. The molecule has 1 aromatic rings. The number of nitriles is 1. The van der Waals surface area contributed by atoms with Gasteiger partial charge in [0.25, 0.3) is 0 Å². The Kier molecular flexibility index (Phi) is 4.53. The third kappa shape index (κ3) is 4.08. The number of nitrogens with two attached hydrogens (primary N) is 1. The van der Waals surface area contributed by atoms with Crippen molar-refractivity contribution in [2.24, 2.45) is 11.1 Å². The van der Waals surface area contributed by atoms with E-state index in [2.05, 4.69) is 6.07 Å². The first-order valence-corrected chi connectivity index (χ1v) is 5.85. The molecule has 0 aliphatic rings. The van der Waals surface area contributed by atoms with Crippen LogP contribution in [0.25, 0.3) is 0 Å². The minimum absolute atomic E-state index is 0.0461. The standard InChI is InChI=1S/C14H20N2O/c1-11(16)12-6-4-5-7-13(12)17-9-8-14(2,3)10-15/h4-7,11H,8-9,16H2,1-3H3. The normalized spacial score (nSPS) is 12.9. The van der Waals surface area contributed by atoms with Gasteiger partial charge in [0, 0.05) is 11.6 Å². The van der Waals surface area contributed by atoms with Crippen LogP contribution in [0.15, 0.2) is 24.3 Å². The molecule has 0 fully saturated rings. The molecule has 1 rings (SSSR count). The van der Waals surface area contributed by atoms with E-state index in [1.54, 1.807) is 0 Å². The Morgan fingerprint density at radius 1 is 1.41 bits per heavy atom. The van der Waals surface area contributed by atoms with E-state index >= 15 is 0 Å². The highest BCUT2D eigenvalue weighted by Gasteiger charge is 2.17. The van der Waals surface area contributed by atoms with E-state index in [9.17, 15) is 0 Å². The summed E-state index contributed by atoms with van der Waals surface area (Å²) in [5.74, 6) is 0.816. The van der Waals surface area contributed by atoms with Gasteiger partial charge in [-0.15, -0.1) is 0 Å². The quantitative estimate of drug-likeness (QED) is 0.848. The minimum atomic E-state index is -0.344. The van der Waals surface area contributed by atoms with Gasteiger partial charge in [-0.05, 0) is 33.3 Å². The summed E-state index contributed by atoms with van der Waals surface area (Å²) in [6.45, 7) is 6.29. The molecule has 0 aliphatic carbocycles. The molecule has 0 spiro atoms. The van der Waals surface area contributed by atoms with Crippen LogP contribution in [0.3, 0.4) is 0 Å². The van der Waals surface area contributed by atoms with Crippen molar-refractivity contribution in [2.45, 2.75) is 33.2 Å². The number of hydrogen-bond donors (Lipinski definition) is 1. The fraction of sp³-hybridized carbons (Fsp3) is 0.500. The molecule has 0 bridgehead atoms. The highest BCUT2D eigenvalue weighted by Crippen LogP contribution is 2.25. The van der Waals surface area contributed by atoms with Gasteiger partial charge in [-0.2, -0.15) is 5.26 Å². The van der Waals surface area contributed by atoms with Gasteiger partial charge in [0.15, 0.2) is 0 Å². The van der Waals surface area contributed by atoms with Gasteiger partial charge < -0.3 is 10.5 Å². The Balaban J connectivity index is 2.62. The Hall–Kier alpha value is -1.53. The molecule has 0 aromatic heterocycles. The van der Waals surface area contributed by atoms with Crippen molar-refractivity contribution in [1.29, 1.82) is 5.26 Å². The fourth-order valence-corrected chi connectivity index (χ4v) is 1.46. The monoisotopic (exact) mass is 232 g/mol. The Labute approximate surface area is 103 Å². The highest BCUT2D eigenvalue weighted by atomic mass is 16.5. The highest BCUT2D eigenvalue weighted by molar-refractivity contribution is 5.35. The molecule has 2 N–H and O–H groups in total. The van der Waals surface area contributed by atoms with Gasteiger partial charge in [-0.25, -0.2) is 0 Å². The molecule has 3 heteroatoms. The zero-order chi connectivity index (χ0) is 12.9. The van der Waals surface area contributed by atoms with Crippen LogP contribution in [0.5, 0.6) is 5.75 Å². The van der Waals surface area contributed by atoms with Crippen LogP contribution >= 0.6 is 0 Å². The average Bonchev–Trinajstić information content (AvgIpc) is 2.29. The molecule has 0 saturated heterocycles. The van der Waals surface area contributed by atoms with Gasteiger partial charge in [0.05, 0.1) is 18.1 Å². The summed E-state index contributed by atoms with van der Waals surface area (Å²) >= 11 is 0. The van der Waals surface area contributed by atoms with Crippen LogP contribution in [0.1, 0.15) is 38.8 Å². The Morgan fingerprint density at radius 2 is 2.06 bits per heavy atom. The summed E-state index contributed by atoms with van der Waals surface area (Å²) in [5.41, 5.74) is 6.52. The summed E-state index contributed by atoms with van der Waals surface area (Å²) in [6, 6.07) is 9.97. The lowest BCUT2D eigenvalue weighted by Gasteiger charge is -2.17. The molecule has 17 heavy (non-hydrogen) atoms. The number of ether oxygens (including phenoxy) is 1. The maximum Gasteiger partial charge on any atom is 0.124 e. The zero-order valence-electron chi connectivity index (χ0n) is 10.7. The van der Waals surface area contributed by atoms with Crippen LogP contribution in [0, 0.1) is 16.7 Å². The largest absolute Gasteiger partial charge is 0.493 e. The van der Waals surface area contributed by atoms with Crippen molar-refractivity contribution in [2.75, 3.05) is 6.61 Å². The van der Waals surface area contributed by atoms with E-state index in [1.807, 2.05) is 45.0 Å². The van der Waals surface area contributed by atoms with E-state index in [-0.39, 0.29) is 11.5 Å². The first-order chi connectivity index (χ1) is 7.96. The molecule has 1 atom stereocenters. The van der Waals surface area contributed by atoms with Crippen LogP contribution in [0.2, 0.25) is 0 Å². The third-order valence-electron chi connectivity index (χ3n) is 2.70. The molecule has 0 saturated carbocycles. The van der Waals surface area contributed by atoms with Crippen molar-refractivity contribution in [1.82, 2.24) is 0 Å². The number of benzene rings is 1. The molecule has 1 unspecified atom stereocenters. The maximum atomic E-state index is 8.91. The predicted octanol–water partition coefficient (Wildman–Crippen LogP) is 3.02. The Morgan fingerprint density at radius 3 is 2.65 bits per heavy atom. The summed E-state index contributed by atoms with van der Waals surface area (Å²) in [6.07, 6.45) is 0.705. The number of para-hydroxylation sites is 1. The predicted molar refractivity (Wildman–Crippen MR) is 68.6 cm³/mol. The summed E-state index contributed by atoms with van der Waals surface area (Å²) in [5, 5.41) is 8.91. The van der Waals surface area contributed by atoms with E-state index in [4.69, 9.17) is 15.7 Å². The van der Waals surface area contributed by atoms with Crippen LogP contribution in [-0.4, -0.2) is 6.61 Å². The van der Waals surface area contributed by atoms with E-state index in [0.717, 1.165) is 11.3 Å². The van der Waals surface area contributed by atoms with Crippen molar-refractivity contribution < 1.29 is 4.74 Å². The molecular formula is C14H20N2O. The summed E-state index contributed by atoms with van der Waals surface area (Å²) < 4.78 is 5.71. The van der Waals surface area contributed by atoms with Gasteiger partial charge in [-0.3, -0.25) is 0 Å². The number of nitrogens with zero attached hydrogens (tertiary/aromatic N) is 1. The maximum absolute atomic E-state index is 8.91. The molecule has 3 nitrogen and oxygen atoms in total. The van der Waals surface area contributed by atoms with Gasteiger partial charge in [-0.1, -0.05) is 18.2 Å². The lowest BCUT2D eigenvalue weighted by molar-refractivity contribution is 0.261. The fourth-order valence-electron chi connectivity index (χ4n) is 1.46. The molecule has 0 heterocycles. The van der Waals surface area contributed by atoms with Crippen molar-refractivity contribution in [3.05, 3.63) is 29.8 Å². The topological polar surface area (TPSA) is 59.0 Å². The second-order valence-electron chi connectivity index (χ2n) is 4.92. The van der Waals surface area contributed by atoms with E-state index < -0.39 is 0 Å². The first kappa shape index (κ1) is 13.5. The van der Waals surface area contributed by atoms with E-state index in [1.165, 1.54) is 0 Å². The summed E-state index contributed by atoms with van der Waals surface area (Å²) in [7, 11) is 0. The average molecular weight is 232 g/mol. The van der Waals surface area contributed by atoms with E-state index in [0.29, 0.717) is 13.0 Å². The van der Waals surface area contributed by atoms with Crippen LogP contribution < -0.4 is 10.5 Å². The van der Waals surface area contributed by atoms with Crippen molar-refractivity contribution in [3.63, 3.8) is 0 Å².